The molecule has 17 heavy (non-hydrogen) atoms. The SMILES string of the molecule is Cc1nc(CN[C@H](C)C(=O)OC(C)(C)C)cs1. The highest BCUT2D eigenvalue weighted by Crippen LogP contribution is 2.10. The highest BCUT2D eigenvalue weighted by molar-refractivity contribution is 7.09. The number of esters is 1. The van der Waals surface area contributed by atoms with Crippen LogP contribution in [0.2, 0.25) is 0 Å². The molecular weight excluding hydrogens is 236 g/mol. The molecule has 0 aromatic carbocycles. The Morgan fingerprint density at radius 3 is 2.71 bits per heavy atom. The van der Waals surface area contributed by atoms with Gasteiger partial charge in [-0.05, 0) is 34.6 Å². The van der Waals surface area contributed by atoms with Gasteiger partial charge in [0, 0.05) is 11.9 Å². The van der Waals surface area contributed by atoms with Gasteiger partial charge in [-0.15, -0.1) is 11.3 Å². The van der Waals surface area contributed by atoms with E-state index in [0.717, 1.165) is 10.7 Å². The molecule has 0 unspecified atom stereocenters. The zero-order valence-electron chi connectivity index (χ0n) is 11.0. The molecule has 5 heteroatoms. The molecule has 1 aromatic heterocycles. The number of carbonyl (C=O) groups excluding carboxylic acids is 1. The van der Waals surface area contributed by atoms with Gasteiger partial charge in [-0.25, -0.2) is 4.98 Å². The molecule has 0 aliphatic heterocycles. The molecule has 1 heterocycles. The van der Waals surface area contributed by atoms with E-state index in [1.54, 1.807) is 18.3 Å². The van der Waals surface area contributed by atoms with E-state index in [0.29, 0.717) is 6.54 Å². The largest absolute Gasteiger partial charge is 0.459 e. The van der Waals surface area contributed by atoms with E-state index in [1.165, 1.54) is 0 Å². The first-order valence-corrected chi connectivity index (χ1v) is 6.53. The van der Waals surface area contributed by atoms with E-state index in [4.69, 9.17) is 4.74 Å². The second-order valence-corrected chi connectivity index (χ2v) is 6.06. The van der Waals surface area contributed by atoms with Gasteiger partial charge in [-0.3, -0.25) is 10.1 Å². The normalized spacial score (nSPS) is 13.5. The smallest absolute Gasteiger partial charge is 0.323 e. The minimum atomic E-state index is -0.440. The van der Waals surface area contributed by atoms with E-state index in [2.05, 4.69) is 10.3 Å². The zero-order valence-corrected chi connectivity index (χ0v) is 11.9. The van der Waals surface area contributed by atoms with Crippen LogP contribution in [0.4, 0.5) is 0 Å². The average Bonchev–Trinajstić information content (AvgIpc) is 2.58. The number of aromatic nitrogens is 1. The third kappa shape index (κ3) is 5.28. The van der Waals surface area contributed by atoms with Crippen molar-refractivity contribution in [2.75, 3.05) is 0 Å². The summed E-state index contributed by atoms with van der Waals surface area (Å²) >= 11 is 1.61. The number of ether oxygens (including phenoxy) is 1. The summed E-state index contributed by atoms with van der Waals surface area (Å²) in [7, 11) is 0. The van der Waals surface area contributed by atoms with E-state index in [-0.39, 0.29) is 12.0 Å². The standard InChI is InChI=1S/C12H20N2O2S/c1-8(11(15)16-12(3,4)5)13-6-10-7-17-9(2)14-10/h7-8,13H,6H2,1-5H3/t8-/m1/s1. The highest BCUT2D eigenvalue weighted by atomic mass is 32.1. The number of aryl methyl sites for hydroxylation is 1. The lowest BCUT2D eigenvalue weighted by molar-refractivity contribution is -0.157. The summed E-state index contributed by atoms with van der Waals surface area (Å²) < 4.78 is 5.27. The molecule has 96 valence electrons. The number of nitrogens with one attached hydrogen (secondary N) is 1. The van der Waals surface area contributed by atoms with E-state index in [1.807, 2.05) is 33.1 Å². The van der Waals surface area contributed by atoms with Gasteiger partial charge in [-0.2, -0.15) is 0 Å². The fourth-order valence-corrected chi connectivity index (χ4v) is 1.83. The molecule has 0 fully saturated rings. The van der Waals surface area contributed by atoms with Crippen LogP contribution in [0.5, 0.6) is 0 Å². The maximum Gasteiger partial charge on any atom is 0.323 e. The number of nitrogens with zero attached hydrogens (tertiary/aromatic N) is 1. The van der Waals surface area contributed by atoms with Crippen LogP contribution in [0.3, 0.4) is 0 Å². The molecule has 0 aliphatic carbocycles. The Morgan fingerprint density at radius 2 is 2.24 bits per heavy atom. The van der Waals surface area contributed by atoms with Crippen LogP contribution >= 0.6 is 11.3 Å². The summed E-state index contributed by atoms with van der Waals surface area (Å²) in [6.07, 6.45) is 0. The summed E-state index contributed by atoms with van der Waals surface area (Å²) in [4.78, 5) is 16.0. The second-order valence-electron chi connectivity index (χ2n) is 4.99. The number of rotatable bonds is 4. The van der Waals surface area contributed by atoms with Crippen LogP contribution in [0, 0.1) is 6.92 Å². The summed E-state index contributed by atoms with van der Waals surface area (Å²) in [6, 6.07) is -0.323. The van der Waals surface area contributed by atoms with Crippen molar-refractivity contribution in [3.05, 3.63) is 16.1 Å². The van der Waals surface area contributed by atoms with Gasteiger partial charge in [0.05, 0.1) is 10.7 Å². The van der Waals surface area contributed by atoms with Crippen molar-refractivity contribution in [1.82, 2.24) is 10.3 Å². The topological polar surface area (TPSA) is 51.2 Å². The van der Waals surface area contributed by atoms with Gasteiger partial charge in [0.25, 0.3) is 0 Å². The number of thiazole rings is 1. The van der Waals surface area contributed by atoms with Gasteiger partial charge in [0.15, 0.2) is 0 Å². The van der Waals surface area contributed by atoms with Crippen molar-refractivity contribution < 1.29 is 9.53 Å². The lowest BCUT2D eigenvalue weighted by Gasteiger charge is -2.22. The molecule has 1 N–H and O–H groups in total. The average molecular weight is 256 g/mol. The molecule has 0 aliphatic rings. The summed E-state index contributed by atoms with van der Waals surface area (Å²) in [5.41, 5.74) is 0.521. The molecular formula is C12H20N2O2S. The minimum absolute atomic E-state index is 0.232. The molecule has 1 aromatic rings. The zero-order chi connectivity index (χ0) is 13.1. The van der Waals surface area contributed by atoms with Crippen LogP contribution in [0.1, 0.15) is 38.4 Å². The van der Waals surface area contributed by atoms with Gasteiger partial charge in [0.1, 0.15) is 11.6 Å². The predicted octanol–water partition coefficient (Wildman–Crippen LogP) is 2.27. The van der Waals surface area contributed by atoms with Crippen molar-refractivity contribution in [1.29, 1.82) is 0 Å². The summed E-state index contributed by atoms with van der Waals surface area (Å²) in [6.45, 7) is 9.94. The Bertz CT molecular complexity index is 382. The van der Waals surface area contributed by atoms with Crippen LogP contribution in [-0.4, -0.2) is 22.6 Å². The van der Waals surface area contributed by atoms with Gasteiger partial charge in [-0.1, -0.05) is 0 Å². The number of hydrogen-bond donors (Lipinski definition) is 1. The quantitative estimate of drug-likeness (QED) is 0.840. The summed E-state index contributed by atoms with van der Waals surface area (Å²) in [5, 5.41) is 6.13. The van der Waals surface area contributed by atoms with Crippen molar-refractivity contribution in [3.8, 4) is 0 Å². The van der Waals surface area contributed by atoms with Crippen LogP contribution in [0.15, 0.2) is 5.38 Å². The van der Waals surface area contributed by atoms with Gasteiger partial charge < -0.3 is 4.74 Å². The summed E-state index contributed by atoms with van der Waals surface area (Å²) in [5.74, 6) is -0.232. The third-order valence-corrected chi connectivity index (χ3v) is 2.84. The van der Waals surface area contributed by atoms with Crippen molar-refractivity contribution in [2.45, 2.75) is 52.8 Å². The highest BCUT2D eigenvalue weighted by Gasteiger charge is 2.21. The Labute approximate surface area is 106 Å². The Kier molecular flexibility index (Phi) is 4.65. The van der Waals surface area contributed by atoms with Crippen LogP contribution in [-0.2, 0) is 16.1 Å². The van der Waals surface area contributed by atoms with E-state index < -0.39 is 5.60 Å². The van der Waals surface area contributed by atoms with E-state index in [9.17, 15) is 4.79 Å². The molecule has 0 spiro atoms. The number of carbonyl (C=O) groups is 1. The van der Waals surface area contributed by atoms with Crippen LogP contribution < -0.4 is 5.32 Å². The fraction of sp³-hybridized carbons (Fsp3) is 0.667. The molecule has 0 radical (unpaired) electrons. The van der Waals surface area contributed by atoms with Crippen molar-refractivity contribution in [3.63, 3.8) is 0 Å². The minimum Gasteiger partial charge on any atom is -0.459 e. The Hall–Kier alpha value is -0.940. The molecule has 1 rings (SSSR count). The first-order chi connectivity index (χ1) is 7.78. The maximum absolute atomic E-state index is 11.7. The molecule has 0 saturated carbocycles. The molecule has 1 atom stereocenters. The third-order valence-electron chi connectivity index (χ3n) is 2.02. The van der Waals surface area contributed by atoms with Gasteiger partial charge >= 0.3 is 5.97 Å². The Balaban J connectivity index is 2.39. The van der Waals surface area contributed by atoms with Crippen molar-refractivity contribution >= 4 is 17.3 Å². The monoisotopic (exact) mass is 256 g/mol. The molecule has 0 amide bonds. The van der Waals surface area contributed by atoms with Crippen LogP contribution in [0.25, 0.3) is 0 Å². The van der Waals surface area contributed by atoms with Gasteiger partial charge in [0.2, 0.25) is 0 Å². The first-order valence-electron chi connectivity index (χ1n) is 5.65. The Morgan fingerprint density at radius 1 is 1.59 bits per heavy atom. The molecule has 0 bridgehead atoms. The lowest BCUT2D eigenvalue weighted by atomic mass is 10.2. The maximum atomic E-state index is 11.7. The fourth-order valence-electron chi connectivity index (χ4n) is 1.22. The molecule has 4 nitrogen and oxygen atoms in total. The predicted molar refractivity (Wildman–Crippen MR) is 69.0 cm³/mol. The second kappa shape index (κ2) is 5.60. The van der Waals surface area contributed by atoms with Crippen molar-refractivity contribution in [2.24, 2.45) is 0 Å². The number of hydrogen-bond acceptors (Lipinski definition) is 5. The first kappa shape index (κ1) is 14.1. The lowest BCUT2D eigenvalue weighted by Crippen LogP contribution is -2.38. The molecule has 0 saturated heterocycles. The van der Waals surface area contributed by atoms with E-state index >= 15 is 0 Å².